The van der Waals surface area contributed by atoms with E-state index in [9.17, 15) is 14.4 Å². The van der Waals surface area contributed by atoms with Crippen LogP contribution in [0.2, 0.25) is 0 Å². The standard InChI is InChI=1S/C19H31N5O7/c20-23-16(4-8-25)15-21-5-9-29-11-13-31-14-12-30-10-6-22-17(26)3-7-24-18(27)1-2-19(24)28/h1-2,15,25H,3-14,20H2,(H,22,26)/b21-15?,23-16-. The summed E-state index contributed by atoms with van der Waals surface area (Å²) < 4.78 is 16.1. The Morgan fingerprint density at radius 1 is 1.03 bits per heavy atom. The smallest absolute Gasteiger partial charge is 0.253 e. The summed E-state index contributed by atoms with van der Waals surface area (Å²) in [6.45, 7) is 3.22. The third-order valence-corrected chi connectivity index (χ3v) is 3.91. The molecule has 0 aliphatic carbocycles. The topological polar surface area (TPSA) is 165 Å². The van der Waals surface area contributed by atoms with Crippen molar-refractivity contribution < 1.29 is 33.7 Å². The average Bonchev–Trinajstić information content (AvgIpc) is 3.08. The number of nitrogens with two attached hydrogens (primary N) is 1. The predicted molar refractivity (Wildman–Crippen MR) is 113 cm³/mol. The van der Waals surface area contributed by atoms with Gasteiger partial charge in [-0.1, -0.05) is 0 Å². The van der Waals surface area contributed by atoms with E-state index in [0.29, 0.717) is 64.9 Å². The maximum atomic E-state index is 11.7. The molecule has 0 saturated heterocycles. The summed E-state index contributed by atoms with van der Waals surface area (Å²) in [7, 11) is 0. The number of imide groups is 1. The molecule has 1 aliphatic heterocycles. The second-order valence-electron chi connectivity index (χ2n) is 6.23. The van der Waals surface area contributed by atoms with E-state index < -0.39 is 11.8 Å². The van der Waals surface area contributed by atoms with Gasteiger partial charge in [-0.05, 0) is 0 Å². The number of nitrogens with one attached hydrogen (secondary N) is 1. The average molecular weight is 441 g/mol. The molecular formula is C19H31N5O7. The molecule has 12 nitrogen and oxygen atoms in total. The van der Waals surface area contributed by atoms with Gasteiger partial charge in [-0.2, -0.15) is 5.10 Å². The van der Waals surface area contributed by atoms with Crippen LogP contribution in [0.15, 0.2) is 22.2 Å². The summed E-state index contributed by atoms with van der Waals surface area (Å²) in [4.78, 5) is 39.5. The van der Waals surface area contributed by atoms with Crippen LogP contribution in [0, 0.1) is 0 Å². The highest BCUT2D eigenvalue weighted by molar-refractivity contribution is 6.30. The van der Waals surface area contributed by atoms with Crippen molar-refractivity contribution in [2.75, 3.05) is 65.9 Å². The van der Waals surface area contributed by atoms with Crippen LogP contribution in [0.4, 0.5) is 0 Å². The van der Waals surface area contributed by atoms with E-state index in [-0.39, 0.29) is 25.5 Å². The van der Waals surface area contributed by atoms with E-state index >= 15 is 0 Å². The first-order valence-electron chi connectivity index (χ1n) is 9.99. The molecule has 0 atom stereocenters. The fourth-order valence-electron chi connectivity index (χ4n) is 2.32. The number of aliphatic hydroxyl groups is 1. The van der Waals surface area contributed by atoms with E-state index in [2.05, 4.69) is 15.4 Å². The molecule has 0 radical (unpaired) electrons. The zero-order valence-corrected chi connectivity index (χ0v) is 17.5. The van der Waals surface area contributed by atoms with Crippen molar-refractivity contribution >= 4 is 29.6 Å². The molecule has 31 heavy (non-hydrogen) atoms. The second-order valence-corrected chi connectivity index (χ2v) is 6.23. The van der Waals surface area contributed by atoms with Gasteiger partial charge in [0, 0.05) is 50.9 Å². The van der Waals surface area contributed by atoms with Crippen LogP contribution in [0.5, 0.6) is 0 Å². The molecule has 12 heteroatoms. The number of aliphatic imine (C=N–C) groups is 1. The molecule has 1 rings (SSSR count). The summed E-state index contributed by atoms with van der Waals surface area (Å²) in [6.07, 6.45) is 4.31. The molecule has 3 amide bonds. The highest BCUT2D eigenvalue weighted by atomic mass is 16.5. The van der Waals surface area contributed by atoms with Crippen molar-refractivity contribution in [3.8, 4) is 0 Å². The van der Waals surface area contributed by atoms with Crippen LogP contribution in [0.1, 0.15) is 12.8 Å². The number of rotatable bonds is 18. The molecule has 0 unspecified atom stereocenters. The Balaban J connectivity index is 1.85. The lowest BCUT2D eigenvalue weighted by atomic mass is 10.3. The van der Waals surface area contributed by atoms with Gasteiger partial charge in [0.05, 0.1) is 51.9 Å². The van der Waals surface area contributed by atoms with Gasteiger partial charge in [-0.3, -0.25) is 24.3 Å². The van der Waals surface area contributed by atoms with Gasteiger partial charge >= 0.3 is 0 Å². The van der Waals surface area contributed by atoms with Crippen molar-refractivity contribution in [1.29, 1.82) is 0 Å². The van der Waals surface area contributed by atoms with Crippen molar-refractivity contribution in [2.24, 2.45) is 15.9 Å². The predicted octanol–water partition coefficient (Wildman–Crippen LogP) is -1.76. The minimum atomic E-state index is -0.398. The molecular weight excluding hydrogens is 410 g/mol. The number of aliphatic hydroxyl groups excluding tert-OH is 1. The molecule has 0 spiro atoms. The Labute approximate surface area is 181 Å². The van der Waals surface area contributed by atoms with Gasteiger partial charge < -0.3 is 30.5 Å². The third-order valence-electron chi connectivity index (χ3n) is 3.91. The van der Waals surface area contributed by atoms with Gasteiger partial charge in [-0.15, -0.1) is 0 Å². The Bertz CT molecular complexity index is 634. The van der Waals surface area contributed by atoms with Crippen LogP contribution in [-0.2, 0) is 28.6 Å². The summed E-state index contributed by atoms with van der Waals surface area (Å²) in [5.41, 5.74) is 0.526. The number of hydrogen-bond acceptors (Lipinski definition) is 10. The molecule has 0 fully saturated rings. The number of carbonyl (C=O) groups excluding carboxylic acids is 3. The van der Waals surface area contributed by atoms with Gasteiger partial charge in [0.2, 0.25) is 5.91 Å². The molecule has 0 aromatic heterocycles. The summed E-state index contributed by atoms with van der Waals surface area (Å²) in [5.74, 6) is 4.10. The zero-order valence-electron chi connectivity index (χ0n) is 17.5. The number of hydrazone groups is 1. The fraction of sp³-hybridized carbons (Fsp3) is 0.632. The van der Waals surface area contributed by atoms with Crippen LogP contribution in [0.25, 0.3) is 0 Å². The van der Waals surface area contributed by atoms with E-state index in [4.69, 9.17) is 25.2 Å². The first kappa shape index (κ1) is 26.4. The number of ether oxygens (including phenoxy) is 3. The van der Waals surface area contributed by atoms with Crippen molar-refractivity contribution in [3.63, 3.8) is 0 Å². The lowest BCUT2D eigenvalue weighted by Gasteiger charge is -2.13. The number of amides is 3. The molecule has 0 bridgehead atoms. The van der Waals surface area contributed by atoms with Crippen LogP contribution in [-0.4, -0.2) is 106 Å². The minimum Gasteiger partial charge on any atom is -0.396 e. The van der Waals surface area contributed by atoms with E-state index in [1.54, 1.807) is 0 Å². The number of carbonyl (C=O) groups is 3. The molecule has 4 N–H and O–H groups in total. The Hall–Kier alpha value is -2.67. The first-order chi connectivity index (χ1) is 15.1. The highest BCUT2D eigenvalue weighted by Crippen LogP contribution is 2.03. The largest absolute Gasteiger partial charge is 0.396 e. The monoisotopic (exact) mass is 441 g/mol. The van der Waals surface area contributed by atoms with Gasteiger partial charge in [0.25, 0.3) is 11.8 Å². The fourth-order valence-corrected chi connectivity index (χ4v) is 2.32. The van der Waals surface area contributed by atoms with Gasteiger partial charge in [0.1, 0.15) is 0 Å². The Kier molecular flexibility index (Phi) is 14.5. The van der Waals surface area contributed by atoms with Gasteiger partial charge in [-0.25, -0.2) is 0 Å². The maximum Gasteiger partial charge on any atom is 0.253 e. The SMILES string of the molecule is N/N=C(\C=NCCOCCOCCOCCNC(=O)CCN1C(=O)C=CC1=O)CCO. The van der Waals surface area contributed by atoms with E-state index in [1.165, 1.54) is 18.4 Å². The quantitative estimate of drug-likeness (QED) is 0.0739. The van der Waals surface area contributed by atoms with Crippen LogP contribution < -0.4 is 11.2 Å². The van der Waals surface area contributed by atoms with E-state index in [0.717, 1.165) is 4.90 Å². The molecule has 174 valence electrons. The van der Waals surface area contributed by atoms with Crippen LogP contribution in [0.3, 0.4) is 0 Å². The Morgan fingerprint density at radius 2 is 1.65 bits per heavy atom. The zero-order chi connectivity index (χ0) is 22.7. The van der Waals surface area contributed by atoms with Crippen LogP contribution >= 0.6 is 0 Å². The minimum absolute atomic E-state index is 0.0302. The van der Waals surface area contributed by atoms with Crippen molar-refractivity contribution in [3.05, 3.63) is 12.2 Å². The molecule has 0 saturated carbocycles. The second kappa shape index (κ2) is 17.1. The summed E-state index contributed by atoms with van der Waals surface area (Å²) >= 11 is 0. The number of nitrogens with zero attached hydrogens (tertiary/aromatic N) is 3. The normalized spacial score (nSPS) is 14.2. The third kappa shape index (κ3) is 12.6. The molecule has 0 aromatic carbocycles. The molecule has 1 heterocycles. The lowest BCUT2D eigenvalue weighted by Crippen LogP contribution is -2.35. The first-order valence-corrected chi connectivity index (χ1v) is 9.99. The van der Waals surface area contributed by atoms with Gasteiger partial charge in [0.15, 0.2) is 0 Å². The lowest BCUT2D eigenvalue weighted by molar-refractivity contribution is -0.137. The number of hydrogen-bond donors (Lipinski definition) is 3. The van der Waals surface area contributed by atoms with E-state index in [1.807, 2.05) is 0 Å². The maximum absolute atomic E-state index is 11.7. The van der Waals surface area contributed by atoms with Crippen molar-refractivity contribution in [1.82, 2.24) is 10.2 Å². The summed E-state index contributed by atoms with van der Waals surface area (Å²) in [6, 6.07) is 0. The Morgan fingerprint density at radius 3 is 2.26 bits per heavy atom. The van der Waals surface area contributed by atoms with Crippen molar-refractivity contribution in [2.45, 2.75) is 12.8 Å². The molecule has 0 aromatic rings. The molecule has 1 aliphatic rings. The summed E-state index contributed by atoms with van der Waals surface area (Å²) in [5, 5.41) is 14.9. The highest BCUT2D eigenvalue weighted by Gasteiger charge is 2.23.